The topological polar surface area (TPSA) is 65.2 Å². The summed E-state index contributed by atoms with van der Waals surface area (Å²) >= 11 is 5.22. The number of carbonyl (C=O) groups excluding carboxylic acids is 1. The third-order valence-electron chi connectivity index (χ3n) is 2.45. The van der Waals surface area contributed by atoms with Crippen LogP contribution in [0.4, 0.5) is 17.1 Å². The molecule has 2 aromatic rings. The molecular formula is C14H14N4OS. The number of rotatable bonds is 5. The average Bonchev–Trinajstić information content (AvgIpc) is 2.47. The highest BCUT2D eigenvalue weighted by molar-refractivity contribution is 7.80. The highest BCUT2D eigenvalue weighted by Crippen LogP contribution is 2.13. The van der Waals surface area contributed by atoms with Crippen molar-refractivity contribution in [3.8, 4) is 0 Å². The van der Waals surface area contributed by atoms with Gasteiger partial charge in [0, 0.05) is 11.4 Å². The van der Waals surface area contributed by atoms with Crippen LogP contribution in [-0.2, 0) is 4.79 Å². The summed E-state index contributed by atoms with van der Waals surface area (Å²) in [5.41, 5.74) is 7.66. The molecule has 5 nitrogen and oxygen atoms in total. The van der Waals surface area contributed by atoms with E-state index in [9.17, 15) is 4.79 Å². The van der Waals surface area contributed by atoms with E-state index in [0.717, 1.165) is 17.1 Å². The summed E-state index contributed by atoms with van der Waals surface area (Å²) in [4.78, 5) is 10.2. The number of hydrazine groups is 1. The zero-order valence-corrected chi connectivity index (χ0v) is 11.4. The predicted octanol–water partition coefficient (Wildman–Crippen LogP) is 2.57. The van der Waals surface area contributed by atoms with Gasteiger partial charge in [0.25, 0.3) is 0 Å². The van der Waals surface area contributed by atoms with E-state index in [0.29, 0.717) is 11.5 Å². The first kappa shape index (κ1) is 13.8. The van der Waals surface area contributed by atoms with E-state index in [-0.39, 0.29) is 0 Å². The lowest BCUT2D eigenvalue weighted by molar-refractivity contribution is -0.109. The molecule has 0 fully saturated rings. The van der Waals surface area contributed by atoms with Crippen molar-refractivity contribution >= 4 is 40.8 Å². The summed E-state index contributed by atoms with van der Waals surface area (Å²) in [7, 11) is 0. The van der Waals surface area contributed by atoms with Crippen molar-refractivity contribution in [3.63, 3.8) is 0 Å². The number of para-hydroxylation sites is 1. The van der Waals surface area contributed by atoms with Gasteiger partial charge in [0.15, 0.2) is 5.11 Å². The van der Waals surface area contributed by atoms with Crippen molar-refractivity contribution in [1.29, 1.82) is 0 Å². The number of thiocarbonyl (C=S) groups is 1. The molecule has 1 amide bonds. The summed E-state index contributed by atoms with van der Waals surface area (Å²) in [6.07, 6.45) is 0.574. The molecule has 6 heteroatoms. The van der Waals surface area contributed by atoms with Crippen molar-refractivity contribution in [2.75, 3.05) is 16.1 Å². The monoisotopic (exact) mass is 286 g/mol. The van der Waals surface area contributed by atoms with Gasteiger partial charge in [-0.2, -0.15) is 0 Å². The Balaban J connectivity index is 1.89. The molecule has 0 aliphatic carbocycles. The highest BCUT2D eigenvalue weighted by atomic mass is 32.1. The van der Waals surface area contributed by atoms with Crippen LogP contribution in [0.25, 0.3) is 0 Å². The van der Waals surface area contributed by atoms with Crippen LogP contribution in [0.1, 0.15) is 0 Å². The maximum Gasteiger partial charge on any atom is 0.225 e. The van der Waals surface area contributed by atoms with Crippen LogP contribution in [0.3, 0.4) is 0 Å². The molecule has 0 saturated carbocycles. The molecule has 2 aromatic carbocycles. The molecule has 0 unspecified atom stereocenters. The third kappa shape index (κ3) is 4.25. The SMILES string of the molecule is O=CNNc1ccc(NC(=S)Nc2ccccc2)cc1. The number of nitrogens with one attached hydrogen (secondary N) is 4. The second kappa shape index (κ2) is 7.10. The molecule has 0 saturated heterocycles. The third-order valence-corrected chi connectivity index (χ3v) is 2.65. The van der Waals surface area contributed by atoms with Gasteiger partial charge >= 0.3 is 0 Å². The number of amides is 1. The first-order valence-corrected chi connectivity index (χ1v) is 6.37. The van der Waals surface area contributed by atoms with Gasteiger partial charge in [0.1, 0.15) is 0 Å². The van der Waals surface area contributed by atoms with Crippen LogP contribution < -0.4 is 21.5 Å². The van der Waals surface area contributed by atoms with E-state index in [2.05, 4.69) is 21.5 Å². The lowest BCUT2D eigenvalue weighted by Gasteiger charge is -2.11. The molecule has 0 atom stereocenters. The fourth-order valence-electron chi connectivity index (χ4n) is 1.56. The Labute approximate surface area is 122 Å². The molecule has 0 aliphatic rings. The Morgan fingerprint density at radius 2 is 1.40 bits per heavy atom. The van der Waals surface area contributed by atoms with E-state index in [1.807, 2.05) is 54.6 Å². The van der Waals surface area contributed by atoms with Crippen molar-refractivity contribution < 1.29 is 4.79 Å². The molecule has 0 bridgehead atoms. The lowest BCUT2D eigenvalue weighted by Crippen LogP contribution is -2.20. The summed E-state index contributed by atoms with van der Waals surface area (Å²) < 4.78 is 0. The number of hydrogen-bond acceptors (Lipinski definition) is 3. The zero-order valence-electron chi connectivity index (χ0n) is 10.6. The van der Waals surface area contributed by atoms with Crippen LogP contribution >= 0.6 is 12.2 Å². The lowest BCUT2D eigenvalue weighted by atomic mass is 10.3. The quantitative estimate of drug-likeness (QED) is 0.386. The molecule has 0 aliphatic heterocycles. The van der Waals surface area contributed by atoms with Gasteiger partial charge in [-0.3, -0.25) is 15.6 Å². The Morgan fingerprint density at radius 1 is 0.850 bits per heavy atom. The smallest absolute Gasteiger partial charge is 0.225 e. The standard InChI is InChI=1S/C14H14N4OS/c19-10-15-18-13-8-6-12(7-9-13)17-14(20)16-11-4-2-1-3-5-11/h1-10,18H,(H,15,19)(H2,16,17,20). The second-order valence-corrected chi connectivity index (χ2v) is 4.32. The first-order chi connectivity index (χ1) is 9.78. The van der Waals surface area contributed by atoms with E-state index < -0.39 is 0 Å². The minimum atomic E-state index is 0.517. The fraction of sp³-hybridized carbons (Fsp3) is 0. The Morgan fingerprint density at radius 3 is 2.00 bits per heavy atom. The molecule has 0 spiro atoms. The van der Waals surface area contributed by atoms with Crippen LogP contribution in [-0.4, -0.2) is 11.5 Å². The maximum atomic E-state index is 10.2. The van der Waals surface area contributed by atoms with Crippen LogP contribution in [0.15, 0.2) is 54.6 Å². The Hall–Kier alpha value is -2.60. The van der Waals surface area contributed by atoms with Crippen molar-refractivity contribution in [3.05, 3.63) is 54.6 Å². The second-order valence-electron chi connectivity index (χ2n) is 3.91. The van der Waals surface area contributed by atoms with Crippen molar-refractivity contribution in [2.24, 2.45) is 0 Å². The van der Waals surface area contributed by atoms with E-state index in [1.54, 1.807) is 0 Å². The number of carbonyl (C=O) groups is 1. The average molecular weight is 286 g/mol. The fourth-order valence-corrected chi connectivity index (χ4v) is 1.80. The number of benzene rings is 2. The predicted molar refractivity (Wildman–Crippen MR) is 85.5 cm³/mol. The Bertz CT molecular complexity index is 571. The molecule has 2 rings (SSSR count). The van der Waals surface area contributed by atoms with Gasteiger partial charge in [-0.1, -0.05) is 18.2 Å². The van der Waals surface area contributed by atoms with Crippen molar-refractivity contribution in [1.82, 2.24) is 5.43 Å². The molecule has 0 heterocycles. The number of hydrogen-bond donors (Lipinski definition) is 4. The summed E-state index contributed by atoms with van der Waals surface area (Å²) in [6, 6.07) is 17.0. The van der Waals surface area contributed by atoms with Crippen LogP contribution in [0.2, 0.25) is 0 Å². The first-order valence-electron chi connectivity index (χ1n) is 5.96. The van der Waals surface area contributed by atoms with Crippen LogP contribution in [0, 0.1) is 0 Å². The minimum Gasteiger partial charge on any atom is -0.332 e. The highest BCUT2D eigenvalue weighted by Gasteiger charge is 1.98. The van der Waals surface area contributed by atoms with Gasteiger partial charge in [0.05, 0.1) is 5.69 Å². The molecule has 102 valence electrons. The maximum absolute atomic E-state index is 10.2. The molecular weight excluding hydrogens is 272 g/mol. The van der Waals surface area contributed by atoms with Gasteiger partial charge < -0.3 is 10.6 Å². The summed E-state index contributed by atoms with van der Waals surface area (Å²) in [6.45, 7) is 0. The Kier molecular flexibility index (Phi) is 4.91. The van der Waals surface area contributed by atoms with Gasteiger partial charge in [-0.25, -0.2) is 0 Å². The molecule has 0 aromatic heterocycles. The van der Waals surface area contributed by atoms with Gasteiger partial charge in [-0.15, -0.1) is 0 Å². The summed E-state index contributed by atoms with van der Waals surface area (Å²) in [5.74, 6) is 0. The van der Waals surface area contributed by atoms with E-state index in [4.69, 9.17) is 12.2 Å². The molecule has 20 heavy (non-hydrogen) atoms. The largest absolute Gasteiger partial charge is 0.332 e. The summed E-state index contributed by atoms with van der Waals surface area (Å²) in [5, 5.41) is 6.68. The van der Waals surface area contributed by atoms with Crippen LogP contribution in [0.5, 0.6) is 0 Å². The number of anilines is 3. The van der Waals surface area contributed by atoms with E-state index >= 15 is 0 Å². The van der Waals surface area contributed by atoms with Gasteiger partial charge in [0.2, 0.25) is 6.41 Å². The minimum absolute atomic E-state index is 0.517. The zero-order chi connectivity index (χ0) is 14.2. The molecule has 0 radical (unpaired) electrons. The molecule has 4 N–H and O–H groups in total. The normalized spacial score (nSPS) is 9.40. The van der Waals surface area contributed by atoms with Gasteiger partial charge in [-0.05, 0) is 48.6 Å². The van der Waals surface area contributed by atoms with E-state index in [1.165, 1.54) is 0 Å². The van der Waals surface area contributed by atoms with Crippen molar-refractivity contribution in [2.45, 2.75) is 0 Å².